The molecule has 0 aromatic heterocycles. The Balaban J connectivity index is 2.45. The van der Waals surface area contributed by atoms with Gasteiger partial charge < -0.3 is 14.4 Å². The summed E-state index contributed by atoms with van der Waals surface area (Å²) in [6, 6.07) is 2.54. The first kappa shape index (κ1) is 12.9. The van der Waals surface area contributed by atoms with Crippen LogP contribution in [-0.2, 0) is 15.5 Å². The molecule has 96 valence electrons. The quantitative estimate of drug-likeness (QED) is 0.810. The lowest BCUT2D eigenvalue weighted by Gasteiger charge is -2.11. The molecule has 0 saturated carbocycles. The van der Waals surface area contributed by atoms with E-state index in [1.165, 1.54) is 0 Å². The van der Waals surface area contributed by atoms with Crippen LogP contribution in [-0.4, -0.2) is 31.4 Å². The maximum absolute atomic E-state index is 12.6. The van der Waals surface area contributed by atoms with Crippen LogP contribution in [0.3, 0.4) is 0 Å². The van der Waals surface area contributed by atoms with Gasteiger partial charge in [0.2, 0.25) is 0 Å². The second kappa shape index (κ2) is 4.62. The number of carboxylic acid groups (broad SMARTS) is 1. The van der Waals surface area contributed by atoms with Gasteiger partial charge in [-0.25, -0.2) is 4.79 Å². The lowest BCUT2D eigenvalue weighted by Crippen LogP contribution is -2.33. The number of alkyl halides is 3. The van der Waals surface area contributed by atoms with Gasteiger partial charge in [-0.1, -0.05) is 6.07 Å². The van der Waals surface area contributed by atoms with Crippen molar-refractivity contribution in [3.05, 3.63) is 29.3 Å². The number of carboxylic acids is 1. The average molecular weight is 260 g/mol. The van der Waals surface area contributed by atoms with Crippen LogP contribution >= 0.6 is 0 Å². The Hall–Kier alpha value is -1.54. The highest BCUT2D eigenvalue weighted by molar-refractivity contribution is 6.61. The molecule has 1 aromatic rings. The van der Waals surface area contributed by atoms with Crippen molar-refractivity contribution in [3.63, 3.8) is 0 Å². The fraction of sp³-hybridized carbons (Fsp3) is 0.300. The molecule has 0 radical (unpaired) electrons. The summed E-state index contributed by atoms with van der Waals surface area (Å²) in [4.78, 5) is 10.8. The fourth-order valence-corrected chi connectivity index (χ4v) is 1.63. The molecule has 0 aliphatic carbocycles. The molecule has 8 heteroatoms. The van der Waals surface area contributed by atoms with Gasteiger partial charge in [-0.05, 0) is 17.6 Å². The molecule has 0 atom stereocenters. The highest BCUT2D eigenvalue weighted by Gasteiger charge is 2.35. The number of rotatable bonds is 2. The molecule has 2 rings (SSSR count). The third-order valence-electron chi connectivity index (χ3n) is 2.42. The fourth-order valence-electron chi connectivity index (χ4n) is 1.63. The number of carbonyl (C=O) groups is 1. The van der Waals surface area contributed by atoms with E-state index in [1.54, 1.807) is 0 Å². The van der Waals surface area contributed by atoms with E-state index >= 15 is 0 Å². The maximum Gasteiger partial charge on any atom is 0.494 e. The van der Waals surface area contributed by atoms with Crippen molar-refractivity contribution in [1.82, 2.24) is 0 Å². The molecule has 18 heavy (non-hydrogen) atoms. The molecule has 0 amide bonds. The minimum absolute atomic E-state index is 0.0553. The van der Waals surface area contributed by atoms with Crippen LogP contribution in [0.5, 0.6) is 0 Å². The zero-order valence-corrected chi connectivity index (χ0v) is 9.03. The Labute approximate surface area is 100 Å². The summed E-state index contributed by atoms with van der Waals surface area (Å²) in [5, 5.41) is 8.79. The molecule has 1 aromatic carbocycles. The number of hydrogen-bond acceptors (Lipinski definition) is 3. The topological polar surface area (TPSA) is 55.8 Å². The largest absolute Gasteiger partial charge is 0.494 e. The zero-order valence-electron chi connectivity index (χ0n) is 9.03. The normalized spacial score (nSPS) is 16.1. The van der Waals surface area contributed by atoms with Crippen molar-refractivity contribution in [2.24, 2.45) is 0 Å². The maximum atomic E-state index is 12.6. The monoisotopic (exact) mass is 260 g/mol. The standard InChI is InChI=1S/C10H8BF3O4/c12-10(13,14)7-3-6(9(15)16)4-8(5-7)11-17-1-2-18-11/h3-5H,1-2H2,(H,15,16). The van der Waals surface area contributed by atoms with Crippen molar-refractivity contribution in [2.45, 2.75) is 6.18 Å². The van der Waals surface area contributed by atoms with Crippen molar-refractivity contribution in [3.8, 4) is 0 Å². The summed E-state index contributed by atoms with van der Waals surface area (Å²) < 4.78 is 48.0. The highest BCUT2D eigenvalue weighted by atomic mass is 19.4. The summed E-state index contributed by atoms with van der Waals surface area (Å²) in [7, 11) is -0.939. The molecule has 1 aliphatic rings. The molecule has 1 saturated heterocycles. The highest BCUT2D eigenvalue weighted by Crippen LogP contribution is 2.29. The van der Waals surface area contributed by atoms with Crippen LogP contribution in [0.1, 0.15) is 15.9 Å². The van der Waals surface area contributed by atoms with Gasteiger partial charge in [-0.3, -0.25) is 0 Å². The summed E-state index contributed by atoms with van der Waals surface area (Å²) in [5.74, 6) is -1.43. The van der Waals surface area contributed by atoms with E-state index in [-0.39, 0.29) is 18.7 Å². The first-order chi connectivity index (χ1) is 8.38. The van der Waals surface area contributed by atoms with Gasteiger partial charge in [0, 0.05) is 0 Å². The summed E-state index contributed by atoms with van der Waals surface area (Å²) in [6.45, 7) is 0.534. The number of hydrogen-bond donors (Lipinski definition) is 1. The zero-order chi connectivity index (χ0) is 13.3. The molecule has 0 spiro atoms. The lowest BCUT2D eigenvalue weighted by molar-refractivity contribution is -0.137. The van der Waals surface area contributed by atoms with E-state index < -0.39 is 30.4 Å². The van der Waals surface area contributed by atoms with Crippen molar-refractivity contribution in [1.29, 1.82) is 0 Å². The molecule has 1 N–H and O–H groups in total. The van der Waals surface area contributed by atoms with Gasteiger partial charge in [0.25, 0.3) is 0 Å². The van der Waals surface area contributed by atoms with E-state index in [1.807, 2.05) is 0 Å². The molecule has 4 nitrogen and oxygen atoms in total. The molecule has 1 aliphatic heterocycles. The Bertz CT molecular complexity index is 469. The van der Waals surface area contributed by atoms with Gasteiger partial charge >= 0.3 is 19.3 Å². The van der Waals surface area contributed by atoms with Crippen LogP contribution < -0.4 is 5.46 Å². The Morgan fingerprint density at radius 3 is 2.33 bits per heavy atom. The lowest BCUT2D eigenvalue weighted by atomic mass is 9.77. The number of halogens is 3. The van der Waals surface area contributed by atoms with E-state index in [0.717, 1.165) is 12.1 Å². The minimum Gasteiger partial charge on any atom is -0.478 e. The SMILES string of the molecule is O=C(O)c1cc(B2OCCO2)cc(C(F)(F)F)c1. The van der Waals surface area contributed by atoms with E-state index in [4.69, 9.17) is 14.4 Å². The van der Waals surface area contributed by atoms with Crippen molar-refractivity contribution >= 4 is 18.6 Å². The molecule has 0 unspecified atom stereocenters. The Morgan fingerprint density at radius 1 is 1.22 bits per heavy atom. The van der Waals surface area contributed by atoms with Crippen LogP contribution in [0.4, 0.5) is 13.2 Å². The second-order valence-electron chi connectivity index (χ2n) is 3.72. The van der Waals surface area contributed by atoms with Gasteiger partial charge in [-0.15, -0.1) is 0 Å². The van der Waals surface area contributed by atoms with Gasteiger partial charge in [-0.2, -0.15) is 13.2 Å². The second-order valence-corrected chi connectivity index (χ2v) is 3.72. The first-order valence-corrected chi connectivity index (χ1v) is 5.06. The third kappa shape index (κ3) is 2.65. The molecule has 0 bridgehead atoms. The van der Waals surface area contributed by atoms with Crippen LogP contribution in [0.25, 0.3) is 0 Å². The molecule has 1 heterocycles. The predicted molar refractivity (Wildman–Crippen MR) is 55.7 cm³/mol. The van der Waals surface area contributed by atoms with E-state index in [0.29, 0.717) is 6.07 Å². The minimum atomic E-state index is -4.61. The summed E-state index contributed by atoms with van der Waals surface area (Å²) >= 11 is 0. The third-order valence-corrected chi connectivity index (χ3v) is 2.42. The van der Waals surface area contributed by atoms with Crippen LogP contribution in [0, 0.1) is 0 Å². The van der Waals surface area contributed by atoms with Crippen LogP contribution in [0.2, 0.25) is 0 Å². The van der Waals surface area contributed by atoms with Gasteiger partial charge in [0.15, 0.2) is 0 Å². The van der Waals surface area contributed by atoms with Crippen LogP contribution in [0.15, 0.2) is 18.2 Å². The summed E-state index contributed by atoms with van der Waals surface area (Å²) in [5.41, 5.74) is -1.42. The average Bonchev–Trinajstić information content (AvgIpc) is 2.80. The molecule has 1 fully saturated rings. The molecular weight excluding hydrogens is 252 g/mol. The van der Waals surface area contributed by atoms with Gasteiger partial charge in [0.1, 0.15) is 0 Å². The van der Waals surface area contributed by atoms with Crippen molar-refractivity contribution in [2.75, 3.05) is 13.2 Å². The van der Waals surface area contributed by atoms with Crippen molar-refractivity contribution < 1.29 is 32.4 Å². The smallest absolute Gasteiger partial charge is 0.478 e. The van der Waals surface area contributed by atoms with E-state index in [9.17, 15) is 18.0 Å². The predicted octanol–water partition coefficient (Wildman–Crippen LogP) is 1.15. The number of benzene rings is 1. The number of aromatic carboxylic acids is 1. The Morgan fingerprint density at radius 2 is 1.83 bits per heavy atom. The Kier molecular flexibility index (Phi) is 3.31. The first-order valence-electron chi connectivity index (χ1n) is 5.06. The molecular formula is C10H8BF3O4. The van der Waals surface area contributed by atoms with E-state index in [2.05, 4.69) is 0 Å². The summed E-state index contributed by atoms with van der Waals surface area (Å²) in [6.07, 6.45) is -4.61. The van der Waals surface area contributed by atoms with Gasteiger partial charge in [0.05, 0.1) is 24.3 Å².